The Hall–Kier alpha value is -4.45. The van der Waals surface area contributed by atoms with Crippen LogP contribution in [0.1, 0.15) is 149 Å². The third kappa shape index (κ3) is 42.5. The van der Waals surface area contributed by atoms with Gasteiger partial charge >= 0.3 is 17.9 Å². The van der Waals surface area contributed by atoms with Gasteiger partial charge in [-0.2, -0.15) is 0 Å². The van der Waals surface area contributed by atoms with Crippen LogP contribution in [0, 0.1) is 0 Å². The fraction of sp³-hybridized carbons (Fsp3) is 0.510. The van der Waals surface area contributed by atoms with E-state index in [9.17, 15) is 14.4 Å². The number of hydrogen-bond acceptors (Lipinski definition) is 6. The molecule has 0 saturated heterocycles. The lowest BCUT2D eigenvalue weighted by Gasteiger charge is -2.18. The summed E-state index contributed by atoms with van der Waals surface area (Å²) in [6.45, 7) is 6.14. The Kier molecular flexibility index (Phi) is 40.8. The van der Waals surface area contributed by atoms with Crippen LogP contribution in [0.15, 0.2) is 134 Å². The predicted octanol–water partition coefficient (Wildman–Crippen LogP) is 14.0. The predicted molar refractivity (Wildman–Crippen MR) is 242 cm³/mol. The second-order valence-electron chi connectivity index (χ2n) is 13.6. The minimum atomic E-state index is -0.852. The Morgan fingerprint density at radius 2 is 0.772 bits per heavy atom. The summed E-state index contributed by atoms with van der Waals surface area (Å²) >= 11 is 0. The molecule has 0 radical (unpaired) electrons. The first kappa shape index (κ1) is 52.6. The van der Waals surface area contributed by atoms with Crippen molar-refractivity contribution in [1.29, 1.82) is 0 Å². The maximum Gasteiger partial charge on any atom is 0.306 e. The maximum atomic E-state index is 12.7. The molecule has 0 bridgehead atoms. The molecule has 0 spiro atoms. The summed E-state index contributed by atoms with van der Waals surface area (Å²) in [5.74, 6) is -1.13. The monoisotopic (exact) mass is 785 g/mol. The van der Waals surface area contributed by atoms with Crippen LogP contribution in [0.4, 0.5) is 0 Å². The van der Waals surface area contributed by atoms with Crippen molar-refractivity contribution in [2.24, 2.45) is 0 Å². The van der Waals surface area contributed by atoms with Crippen LogP contribution in [0.5, 0.6) is 0 Å². The summed E-state index contributed by atoms with van der Waals surface area (Å²) in [5.41, 5.74) is 0. The summed E-state index contributed by atoms with van der Waals surface area (Å²) in [7, 11) is 0. The van der Waals surface area contributed by atoms with E-state index >= 15 is 0 Å². The second-order valence-corrected chi connectivity index (χ2v) is 13.6. The van der Waals surface area contributed by atoms with E-state index in [4.69, 9.17) is 14.2 Å². The first-order valence-electron chi connectivity index (χ1n) is 21.8. The average molecular weight is 785 g/mol. The molecule has 0 aromatic heterocycles. The van der Waals surface area contributed by atoms with Gasteiger partial charge in [0.25, 0.3) is 0 Å². The summed E-state index contributed by atoms with van der Waals surface area (Å²) in [6, 6.07) is 0. The molecule has 6 heteroatoms. The zero-order valence-electron chi connectivity index (χ0n) is 35.8. The van der Waals surface area contributed by atoms with Crippen molar-refractivity contribution in [3.63, 3.8) is 0 Å². The Morgan fingerprint density at radius 3 is 1.28 bits per heavy atom. The molecule has 57 heavy (non-hydrogen) atoms. The normalized spacial score (nSPS) is 13.4. The first-order chi connectivity index (χ1) is 28.0. The molecular formula is C51H76O6. The van der Waals surface area contributed by atoms with E-state index < -0.39 is 12.1 Å². The highest BCUT2D eigenvalue weighted by molar-refractivity contribution is 5.71. The van der Waals surface area contributed by atoms with Gasteiger partial charge in [0.1, 0.15) is 13.2 Å². The van der Waals surface area contributed by atoms with Crippen LogP contribution >= 0.6 is 0 Å². The van der Waals surface area contributed by atoms with Gasteiger partial charge in [-0.15, -0.1) is 0 Å². The third-order valence-electron chi connectivity index (χ3n) is 8.25. The Labute approximate surface area is 347 Å². The van der Waals surface area contributed by atoms with Crippen molar-refractivity contribution < 1.29 is 28.6 Å². The molecular weight excluding hydrogens is 709 g/mol. The SMILES string of the molecule is CC\C=C/C=C\C=C/C=C\C=C/CCCC(=O)OC(COC(=O)CCC/C=C\C/C=C\C/C=C\C/C=C\CCCCC)COC(=O)CCCC/C=C\C/C=C\CC. The van der Waals surface area contributed by atoms with Gasteiger partial charge in [-0.05, 0) is 96.3 Å². The van der Waals surface area contributed by atoms with Crippen molar-refractivity contribution >= 4 is 17.9 Å². The molecule has 0 aromatic rings. The quantitative estimate of drug-likeness (QED) is 0.0207. The van der Waals surface area contributed by atoms with Gasteiger partial charge in [-0.25, -0.2) is 0 Å². The minimum absolute atomic E-state index is 0.147. The number of rotatable bonds is 36. The highest BCUT2D eigenvalue weighted by Crippen LogP contribution is 2.08. The first-order valence-corrected chi connectivity index (χ1v) is 21.8. The fourth-order valence-corrected chi connectivity index (χ4v) is 5.03. The number of hydrogen-bond donors (Lipinski definition) is 0. The van der Waals surface area contributed by atoms with Crippen molar-refractivity contribution in [3.05, 3.63) is 134 Å². The lowest BCUT2D eigenvalue weighted by atomic mass is 10.2. The van der Waals surface area contributed by atoms with E-state index in [1.807, 2.05) is 54.7 Å². The molecule has 0 saturated carbocycles. The number of carbonyl (C=O) groups is 3. The van der Waals surface area contributed by atoms with Crippen molar-refractivity contribution in [2.75, 3.05) is 13.2 Å². The van der Waals surface area contributed by atoms with Crippen LogP contribution in [-0.4, -0.2) is 37.2 Å². The Bertz CT molecular complexity index is 1320. The number of allylic oxidation sites excluding steroid dienone is 22. The molecule has 0 fully saturated rings. The number of esters is 3. The minimum Gasteiger partial charge on any atom is -0.462 e. The fourth-order valence-electron chi connectivity index (χ4n) is 5.03. The van der Waals surface area contributed by atoms with Gasteiger partial charge in [-0.1, -0.05) is 167 Å². The molecule has 0 heterocycles. The van der Waals surface area contributed by atoms with Crippen molar-refractivity contribution in [2.45, 2.75) is 155 Å². The van der Waals surface area contributed by atoms with Gasteiger partial charge in [0.05, 0.1) is 0 Å². The lowest BCUT2D eigenvalue weighted by Crippen LogP contribution is -2.30. The van der Waals surface area contributed by atoms with Crippen LogP contribution in [0.2, 0.25) is 0 Å². The van der Waals surface area contributed by atoms with Crippen LogP contribution < -0.4 is 0 Å². The van der Waals surface area contributed by atoms with Gasteiger partial charge in [0.2, 0.25) is 0 Å². The summed E-state index contributed by atoms with van der Waals surface area (Å²) in [6.07, 6.45) is 61.7. The second kappa shape index (κ2) is 44.3. The van der Waals surface area contributed by atoms with Crippen LogP contribution in [-0.2, 0) is 28.6 Å². The number of carbonyl (C=O) groups excluding carboxylic acids is 3. The van der Waals surface area contributed by atoms with Crippen molar-refractivity contribution in [1.82, 2.24) is 0 Å². The summed E-state index contributed by atoms with van der Waals surface area (Å²) in [4.78, 5) is 37.6. The molecule has 0 rings (SSSR count). The van der Waals surface area contributed by atoms with Gasteiger partial charge in [0.15, 0.2) is 6.10 Å². The molecule has 0 aromatic carbocycles. The van der Waals surface area contributed by atoms with E-state index in [0.29, 0.717) is 25.7 Å². The highest BCUT2D eigenvalue weighted by Gasteiger charge is 2.19. The largest absolute Gasteiger partial charge is 0.462 e. The standard InChI is InChI=1S/C51H76O6/c1-4-7-10-13-16-19-21-23-24-25-26-28-29-32-35-38-41-44-50(53)56-47-48(46-55-49(52)43-40-37-34-31-18-15-12-9-6-3)57-51(54)45-42-39-36-33-30-27-22-20-17-14-11-8-5-2/h8-9,11-12,14,16-20,22-24,26-28,30-33,35-36,48H,4-7,10,13,15,21,25,29,34,37-47H2,1-3H3/b11-8-,12-9-,17-14-,19-16-,22-20-,24-23-,28-26-,30-27-,31-18-,35-32-,36-33-. The Balaban J connectivity index is 4.63. The van der Waals surface area contributed by atoms with Gasteiger partial charge in [0, 0.05) is 19.3 Å². The van der Waals surface area contributed by atoms with E-state index in [0.717, 1.165) is 57.8 Å². The average Bonchev–Trinajstić information content (AvgIpc) is 3.21. The molecule has 0 aliphatic rings. The topological polar surface area (TPSA) is 78.9 Å². The number of unbranched alkanes of at least 4 members (excludes halogenated alkanes) is 7. The third-order valence-corrected chi connectivity index (χ3v) is 8.25. The highest BCUT2D eigenvalue weighted by atomic mass is 16.6. The smallest absolute Gasteiger partial charge is 0.306 e. The van der Waals surface area contributed by atoms with Crippen LogP contribution in [0.3, 0.4) is 0 Å². The molecule has 1 atom stereocenters. The molecule has 0 aliphatic heterocycles. The molecule has 0 amide bonds. The molecule has 316 valence electrons. The van der Waals surface area contributed by atoms with E-state index in [-0.39, 0.29) is 44.4 Å². The zero-order chi connectivity index (χ0) is 41.5. The van der Waals surface area contributed by atoms with E-state index in [2.05, 4.69) is 99.8 Å². The molecule has 1 unspecified atom stereocenters. The number of ether oxygens (including phenoxy) is 3. The van der Waals surface area contributed by atoms with Gasteiger partial charge < -0.3 is 14.2 Å². The summed E-state index contributed by atoms with van der Waals surface area (Å²) in [5, 5.41) is 0. The molecule has 6 nitrogen and oxygen atoms in total. The lowest BCUT2D eigenvalue weighted by molar-refractivity contribution is -0.167. The van der Waals surface area contributed by atoms with Gasteiger partial charge in [-0.3, -0.25) is 14.4 Å². The molecule has 0 aliphatic carbocycles. The summed E-state index contributed by atoms with van der Waals surface area (Å²) < 4.78 is 16.5. The zero-order valence-corrected chi connectivity index (χ0v) is 35.8. The Morgan fingerprint density at radius 1 is 0.386 bits per heavy atom. The van der Waals surface area contributed by atoms with E-state index in [1.54, 1.807) is 0 Å². The van der Waals surface area contributed by atoms with Crippen molar-refractivity contribution in [3.8, 4) is 0 Å². The van der Waals surface area contributed by atoms with Crippen LogP contribution in [0.25, 0.3) is 0 Å². The molecule has 0 N–H and O–H groups in total. The van der Waals surface area contributed by atoms with E-state index in [1.165, 1.54) is 25.7 Å². The maximum absolute atomic E-state index is 12.7.